The summed E-state index contributed by atoms with van der Waals surface area (Å²) in [6.45, 7) is 4.68. The molecule has 0 amide bonds. The summed E-state index contributed by atoms with van der Waals surface area (Å²) < 4.78 is 49.1. The zero-order chi connectivity index (χ0) is 17.6. The van der Waals surface area contributed by atoms with Crippen LogP contribution in [0.5, 0.6) is 0 Å². The lowest BCUT2D eigenvalue weighted by atomic mass is 10.2. The zero-order valence-electron chi connectivity index (χ0n) is 13.4. The third-order valence-electron chi connectivity index (χ3n) is 3.14. The molecule has 0 aliphatic rings. The second-order valence-electron chi connectivity index (χ2n) is 4.92. The maximum atomic E-state index is 12.7. The lowest BCUT2D eigenvalue weighted by Crippen LogP contribution is -2.10. The SMILES string of the molecule is CCOC(OCC)c1ccc(Nc2cccc(C(F)(F)F)c2)cn1. The molecule has 1 aromatic heterocycles. The van der Waals surface area contributed by atoms with E-state index in [1.54, 1.807) is 18.2 Å². The highest BCUT2D eigenvalue weighted by Crippen LogP contribution is 2.31. The van der Waals surface area contributed by atoms with Crippen molar-refractivity contribution in [3.05, 3.63) is 53.9 Å². The fourth-order valence-electron chi connectivity index (χ4n) is 2.08. The predicted octanol–water partition coefficient (Wildman–Crippen LogP) is 4.92. The zero-order valence-corrected chi connectivity index (χ0v) is 13.4. The Hall–Kier alpha value is -2.12. The Morgan fingerprint density at radius 2 is 1.75 bits per heavy atom. The highest BCUT2D eigenvalue weighted by molar-refractivity contribution is 5.59. The van der Waals surface area contributed by atoms with Gasteiger partial charge in [0.1, 0.15) is 0 Å². The van der Waals surface area contributed by atoms with Crippen LogP contribution in [0, 0.1) is 0 Å². The highest BCUT2D eigenvalue weighted by atomic mass is 19.4. The van der Waals surface area contributed by atoms with Gasteiger partial charge in [0.25, 0.3) is 0 Å². The Kier molecular flexibility index (Phi) is 6.16. The molecule has 1 aromatic carbocycles. The molecule has 0 atom stereocenters. The first-order valence-corrected chi connectivity index (χ1v) is 7.57. The molecule has 0 saturated heterocycles. The first kappa shape index (κ1) is 18.2. The van der Waals surface area contributed by atoms with Gasteiger partial charge in [-0.05, 0) is 44.2 Å². The van der Waals surface area contributed by atoms with E-state index >= 15 is 0 Å². The van der Waals surface area contributed by atoms with E-state index in [4.69, 9.17) is 9.47 Å². The molecule has 1 N–H and O–H groups in total. The van der Waals surface area contributed by atoms with Crippen LogP contribution in [0.3, 0.4) is 0 Å². The molecule has 2 rings (SSSR count). The quantitative estimate of drug-likeness (QED) is 0.727. The molecule has 0 aliphatic carbocycles. The van der Waals surface area contributed by atoms with Crippen molar-refractivity contribution in [2.75, 3.05) is 18.5 Å². The summed E-state index contributed by atoms with van der Waals surface area (Å²) in [6, 6.07) is 8.43. The molecule has 0 fully saturated rings. The van der Waals surface area contributed by atoms with Gasteiger partial charge in [0.05, 0.1) is 23.1 Å². The molecule has 2 aromatic rings. The van der Waals surface area contributed by atoms with Crippen molar-refractivity contribution >= 4 is 11.4 Å². The molecule has 0 radical (unpaired) electrons. The van der Waals surface area contributed by atoms with E-state index in [1.807, 2.05) is 13.8 Å². The van der Waals surface area contributed by atoms with E-state index in [0.717, 1.165) is 12.1 Å². The molecule has 1 heterocycles. The van der Waals surface area contributed by atoms with Gasteiger partial charge in [-0.2, -0.15) is 13.2 Å². The molecule has 0 unspecified atom stereocenters. The summed E-state index contributed by atoms with van der Waals surface area (Å²) in [7, 11) is 0. The Labute approximate surface area is 138 Å². The summed E-state index contributed by atoms with van der Waals surface area (Å²) in [5.41, 5.74) is 0.813. The summed E-state index contributed by atoms with van der Waals surface area (Å²) in [5.74, 6) is 0. The molecule has 24 heavy (non-hydrogen) atoms. The van der Waals surface area contributed by atoms with Gasteiger partial charge >= 0.3 is 6.18 Å². The number of alkyl halides is 3. The van der Waals surface area contributed by atoms with Gasteiger partial charge in [0.15, 0.2) is 0 Å². The summed E-state index contributed by atoms with van der Waals surface area (Å²) >= 11 is 0. The smallest absolute Gasteiger partial charge is 0.354 e. The topological polar surface area (TPSA) is 43.4 Å². The number of pyridine rings is 1. The molecule has 130 valence electrons. The number of halogens is 3. The van der Waals surface area contributed by atoms with Crippen molar-refractivity contribution in [1.29, 1.82) is 0 Å². The fraction of sp³-hybridized carbons (Fsp3) is 0.353. The van der Waals surface area contributed by atoms with E-state index in [1.165, 1.54) is 12.3 Å². The van der Waals surface area contributed by atoms with E-state index in [2.05, 4.69) is 10.3 Å². The predicted molar refractivity (Wildman–Crippen MR) is 85.0 cm³/mol. The summed E-state index contributed by atoms with van der Waals surface area (Å²) in [4.78, 5) is 4.25. The minimum Gasteiger partial charge on any atom is -0.354 e. The number of nitrogens with zero attached hydrogens (tertiary/aromatic N) is 1. The van der Waals surface area contributed by atoms with Crippen LogP contribution in [0.4, 0.5) is 24.5 Å². The Bertz CT molecular complexity index is 639. The Morgan fingerprint density at radius 1 is 1.04 bits per heavy atom. The third-order valence-corrected chi connectivity index (χ3v) is 3.14. The first-order chi connectivity index (χ1) is 11.4. The fourth-order valence-corrected chi connectivity index (χ4v) is 2.08. The van der Waals surface area contributed by atoms with Crippen LogP contribution >= 0.6 is 0 Å². The molecule has 0 bridgehead atoms. The minimum absolute atomic E-state index is 0.338. The molecule has 0 spiro atoms. The number of ether oxygens (including phenoxy) is 2. The van der Waals surface area contributed by atoms with Crippen molar-refractivity contribution in [3.8, 4) is 0 Å². The van der Waals surface area contributed by atoms with Gasteiger partial charge in [-0.3, -0.25) is 4.98 Å². The van der Waals surface area contributed by atoms with Crippen LogP contribution in [0.1, 0.15) is 31.4 Å². The number of rotatable bonds is 7. The van der Waals surface area contributed by atoms with Gasteiger partial charge in [-0.15, -0.1) is 0 Å². The average molecular weight is 340 g/mol. The van der Waals surface area contributed by atoms with E-state index in [-0.39, 0.29) is 0 Å². The van der Waals surface area contributed by atoms with Crippen molar-refractivity contribution in [2.45, 2.75) is 26.3 Å². The van der Waals surface area contributed by atoms with E-state index in [0.29, 0.717) is 30.3 Å². The number of anilines is 2. The van der Waals surface area contributed by atoms with E-state index in [9.17, 15) is 13.2 Å². The highest BCUT2D eigenvalue weighted by Gasteiger charge is 2.30. The van der Waals surface area contributed by atoms with Gasteiger partial charge in [0.2, 0.25) is 6.29 Å². The summed E-state index contributed by atoms with van der Waals surface area (Å²) in [5, 5.41) is 2.90. The van der Waals surface area contributed by atoms with E-state index < -0.39 is 18.0 Å². The van der Waals surface area contributed by atoms with Crippen molar-refractivity contribution in [1.82, 2.24) is 4.98 Å². The second-order valence-corrected chi connectivity index (χ2v) is 4.92. The Balaban J connectivity index is 2.11. The maximum absolute atomic E-state index is 12.7. The number of nitrogens with one attached hydrogen (secondary N) is 1. The third kappa shape index (κ3) is 4.94. The van der Waals surface area contributed by atoms with Gasteiger partial charge in [0, 0.05) is 18.9 Å². The van der Waals surface area contributed by atoms with Crippen LogP contribution in [-0.2, 0) is 15.7 Å². The standard InChI is InChI=1S/C17H19F3N2O2/c1-3-23-16(24-4-2)15-9-8-14(11-21-15)22-13-7-5-6-12(10-13)17(18,19)20/h5-11,16,22H,3-4H2,1-2H3. The number of aromatic nitrogens is 1. The normalized spacial score (nSPS) is 11.8. The average Bonchev–Trinajstić information content (AvgIpc) is 2.55. The van der Waals surface area contributed by atoms with Crippen LogP contribution < -0.4 is 5.32 Å². The number of benzene rings is 1. The molecular formula is C17H19F3N2O2. The van der Waals surface area contributed by atoms with Crippen molar-refractivity contribution in [2.24, 2.45) is 0 Å². The van der Waals surface area contributed by atoms with Gasteiger partial charge in [-0.25, -0.2) is 0 Å². The molecule has 4 nitrogen and oxygen atoms in total. The lowest BCUT2D eigenvalue weighted by Gasteiger charge is -2.16. The van der Waals surface area contributed by atoms with Crippen molar-refractivity contribution in [3.63, 3.8) is 0 Å². The summed E-state index contributed by atoms with van der Waals surface area (Å²) in [6.07, 6.45) is -3.40. The largest absolute Gasteiger partial charge is 0.416 e. The van der Waals surface area contributed by atoms with Crippen molar-refractivity contribution < 1.29 is 22.6 Å². The molecule has 7 heteroatoms. The number of hydrogen-bond donors (Lipinski definition) is 1. The van der Waals surface area contributed by atoms with Crippen LogP contribution in [-0.4, -0.2) is 18.2 Å². The number of hydrogen-bond acceptors (Lipinski definition) is 4. The lowest BCUT2D eigenvalue weighted by molar-refractivity contribution is -0.142. The van der Waals surface area contributed by atoms with Crippen LogP contribution in [0.25, 0.3) is 0 Å². The molecule has 0 saturated carbocycles. The minimum atomic E-state index is -4.37. The monoisotopic (exact) mass is 340 g/mol. The molecular weight excluding hydrogens is 321 g/mol. The van der Waals surface area contributed by atoms with Crippen LogP contribution in [0.15, 0.2) is 42.6 Å². The second kappa shape index (κ2) is 8.12. The van der Waals surface area contributed by atoms with Gasteiger partial charge in [-0.1, -0.05) is 6.07 Å². The molecule has 0 aliphatic heterocycles. The van der Waals surface area contributed by atoms with Gasteiger partial charge < -0.3 is 14.8 Å². The first-order valence-electron chi connectivity index (χ1n) is 7.57. The maximum Gasteiger partial charge on any atom is 0.416 e. The Morgan fingerprint density at radius 3 is 2.29 bits per heavy atom. The van der Waals surface area contributed by atoms with Crippen LogP contribution in [0.2, 0.25) is 0 Å².